The summed E-state index contributed by atoms with van der Waals surface area (Å²) in [6.45, 7) is 3.16. The zero-order valence-electron chi connectivity index (χ0n) is 9.11. The molecule has 0 saturated heterocycles. The second-order valence-electron chi connectivity index (χ2n) is 3.83. The van der Waals surface area contributed by atoms with Crippen LogP contribution in [0, 0.1) is 5.92 Å². The van der Waals surface area contributed by atoms with Crippen molar-refractivity contribution in [3.63, 3.8) is 0 Å². The van der Waals surface area contributed by atoms with Gasteiger partial charge in [0.1, 0.15) is 5.82 Å². The first kappa shape index (κ1) is 11.8. The molecule has 84 valence electrons. The van der Waals surface area contributed by atoms with Crippen molar-refractivity contribution in [2.45, 2.75) is 19.8 Å². The Kier molecular flexibility index (Phi) is 4.90. The molecular weight excluding hydrogens is 190 g/mol. The summed E-state index contributed by atoms with van der Waals surface area (Å²) in [6.07, 6.45) is 3.73. The van der Waals surface area contributed by atoms with Crippen molar-refractivity contribution in [2.24, 2.45) is 5.92 Å². The van der Waals surface area contributed by atoms with Crippen LogP contribution in [0.3, 0.4) is 0 Å². The Morgan fingerprint density at radius 2 is 2.40 bits per heavy atom. The van der Waals surface area contributed by atoms with Crippen LogP contribution >= 0.6 is 0 Å². The van der Waals surface area contributed by atoms with Crippen LogP contribution in [0.15, 0.2) is 18.3 Å². The van der Waals surface area contributed by atoms with E-state index in [4.69, 9.17) is 10.8 Å². The first-order valence-electron chi connectivity index (χ1n) is 5.28. The molecule has 4 nitrogen and oxygen atoms in total. The van der Waals surface area contributed by atoms with Crippen LogP contribution in [-0.2, 0) is 0 Å². The average Bonchev–Trinajstić information content (AvgIpc) is 2.24. The molecule has 1 atom stereocenters. The standard InChI is InChI=1S/C11H19N3O/c1-9(8-15)3-2-5-13-11-7-10(12)4-6-14-11/h4,6-7,9,15H,2-3,5,8H2,1H3,(H3,12,13,14). The lowest BCUT2D eigenvalue weighted by atomic mass is 10.1. The molecule has 0 aliphatic rings. The van der Waals surface area contributed by atoms with E-state index >= 15 is 0 Å². The van der Waals surface area contributed by atoms with Crippen LogP contribution in [-0.4, -0.2) is 23.2 Å². The Labute approximate surface area is 90.5 Å². The van der Waals surface area contributed by atoms with E-state index in [9.17, 15) is 0 Å². The molecule has 1 unspecified atom stereocenters. The minimum absolute atomic E-state index is 0.260. The van der Waals surface area contributed by atoms with Crippen LogP contribution in [0.5, 0.6) is 0 Å². The summed E-state index contributed by atoms with van der Waals surface area (Å²) >= 11 is 0. The van der Waals surface area contributed by atoms with Crippen molar-refractivity contribution in [2.75, 3.05) is 24.2 Å². The minimum atomic E-state index is 0.260. The number of aliphatic hydroxyl groups excluding tert-OH is 1. The third-order valence-corrected chi connectivity index (χ3v) is 2.28. The SMILES string of the molecule is CC(CO)CCCNc1cc(N)ccn1. The van der Waals surface area contributed by atoms with Crippen molar-refractivity contribution in [1.29, 1.82) is 0 Å². The Hall–Kier alpha value is -1.29. The molecule has 0 radical (unpaired) electrons. The van der Waals surface area contributed by atoms with Crippen molar-refractivity contribution in [1.82, 2.24) is 4.98 Å². The number of rotatable bonds is 6. The second-order valence-corrected chi connectivity index (χ2v) is 3.83. The Bertz CT molecular complexity index is 291. The molecule has 1 heterocycles. The summed E-state index contributed by atoms with van der Waals surface area (Å²) in [5.74, 6) is 1.19. The van der Waals surface area contributed by atoms with E-state index in [-0.39, 0.29) is 6.61 Å². The van der Waals surface area contributed by atoms with Crippen LogP contribution in [0.25, 0.3) is 0 Å². The lowest BCUT2D eigenvalue weighted by molar-refractivity contribution is 0.229. The molecule has 1 aromatic rings. The van der Waals surface area contributed by atoms with E-state index in [0.717, 1.165) is 30.9 Å². The van der Waals surface area contributed by atoms with Crippen molar-refractivity contribution < 1.29 is 5.11 Å². The number of anilines is 2. The maximum Gasteiger partial charge on any atom is 0.127 e. The lowest BCUT2D eigenvalue weighted by Gasteiger charge is -2.08. The maximum absolute atomic E-state index is 8.84. The molecule has 0 fully saturated rings. The van der Waals surface area contributed by atoms with Gasteiger partial charge >= 0.3 is 0 Å². The predicted octanol–water partition coefficient (Wildman–Crippen LogP) is 1.48. The smallest absolute Gasteiger partial charge is 0.127 e. The highest BCUT2D eigenvalue weighted by atomic mass is 16.3. The van der Waals surface area contributed by atoms with Crippen molar-refractivity contribution in [3.05, 3.63) is 18.3 Å². The third kappa shape index (κ3) is 4.65. The van der Waals surface area contributed by atoms with Gasteiger partial charge in [-0.1, -0.05) is 6.92 Å². The van der Waals surface area contributed by atoms with Gasteiger partial charge in [-0.25, -0.2) is 4.98 Å². The second kappa shape index (κ2) is 6.24. The van der Waals surface area contributed by atoms with Crippen LogP contribution in [0.4, 0.5) is 11.5 Å². The number of nitrogens with one attached hydrogen (secondary N) is 1. The van der Waals surface area contributed by atoms with Crippen LogP contribution < -0.4 is 11.1 Å². The normalized spacial score (nSPS) is 12.4. The van der Waals surface area contributed by atoms with Gasteiger partial charge < -0.3 is 16.2 Å². The highest BCUT2D eigenvalue weighted by Crippen LogP contribution is 2.09. The first-order chi connectivity index (χ1) is 7.22. The molecule has 1 aromatic heterocycles. The summed E-state index contributed by atoms with van der Waals surface area (Å²) in [4.78, 5) is 4.14. The molecule has 0 aliphatic carbocycles. The fourth-order valence-electron chi connectivity index (χ4n) is 1.30. The van der Waals surface area contributed by atoms with E-state index in [1.54, 1.807) is 12.3 Å². The lowest BCUT2D eigenvalue weighted by Crippen LogP contribution is -2.07. The minimum Gasteiger partial charge on any atom is -0.399 e. The van der Waals surface area contributed by atoms with Gasteiger partial charge in [0.25, 0.3) is 0 Å². The molecule has 15 heavy (non-hydrogen) atoms. The van der Waals surface area contributed by atoms with Gasteiger partial charge in [0.2, 0.25) is 0 Å². The fourth-order valence-corrected chi connectivity index (χ4v) is 1.30. The number of nitrogens with zero attached hydrogens (tertiary/aromatic N) is 1. The molecule has 0 amide bonds. The molecule has 0 saturated carbocycles. The summed E-state index contributed by atoms with van der Waals surface area (Å²) in [5, 5.41) is 12.0. The number of nitrogens with two attached hydrogens (primary N) is 1. The van der Waals surface area contributed by atoms with Crippen LogP contribution in [0.2, 0.25) is 0 Å². The number of pyridine rings is 1. The highest BCUT2D eigenvalue weighted by molar-refractivity contribution is 5.48. The summed E-state index contributed by atoms with van der Waals surface area (Å²) in [6, 6.07) is 3.58. The number of nitrogen functional groups attached to an aromatic ring is 1. The monoisotopic (exact) mass is 209 g/mol. The topological polar surface area (TPSA) is 71.2 Å². The number of hydrogen-bond acceptors (Lipinski definition) is 4. The highest BCUT2D eigenvalue weighted by Gasteiger charge is 1.99. The van der Waals surface area contributed by atoms with Crippen molar-refractivity contribution >= 4 is 11.5 Å². The zero-order chi connectivity index (χ0) is 11.1. The predicted molar refractivity (Wildman–Crippen MR) is 62.6 cm³/mol. The van der Waals surface area contributed by atoms with E-state index in [0.29, 0.717) is 5.92 Å². The molecule has 0 aromatic carbocycles. The van der Waals surface area contributed by atoms with Gasteiger partial charge in [-0.2, -0.15) is 0 Å². The molecule has 0 aliphatic heterocycles. The van der Waals surface area contributed by atoms with E-state index < -0.39 is 0 Å². The molecule has 0 bridgehead atoms. The van der Waals surface area contributed by atoms with Gasteiger partial charge in [0.15, 0.2) is 0 Å². The Morgan fingerprint density at radius 3 is 3.07 bits per heavy atom. The average molecular weight is 209 g/mol. The fraction of sp³-hybridized carbons (Fsp3) is 0.545. The number of aromatic nitrogens is 1. The molecule has 4 N–H and O–H groups in total. The first-order valence-corrected chi connectivity index (χ1v) is 5.28. The molecular formula is C11H19N3O. The quantitative estimate of drug-likeness (QED) is 0.621. The zero-order valence-corrected chi connectivity index (χ0v) is 9.11. The summed E-state index contributed by atoms with van der Waals surface area (Å²) in [5.41, 5.74) is 6.34. The van der Waals surface area contributed by atoms with E-state index in [1.165, 1.54) is 0 Å². The van der Waals surface area contributed by atoms with E-state index in [2.05, 4.69) is 10.3 Å². The van der Waals surface area contributed by atoms with Gasteiger partial charge in [0, 0.05) is 31.1 Å². The Balaban J connectivity index is 2.20. The van der Waals surface area contributed by atoms with Gasteiger partial charge in [-0.05, 0) is 24.8 Å². The Morgan fingerprint density at radius 1 is 1.60 bits per heavy atom. The number of aliphatic hydroxyl groups is 1. The molecule has 1 rings (SSSR count). The van der Waals surface area contributed by atoms with Gasteiger partial charge in [-0.3, -0.25) is 0 Å². The van der Waals surface area contributed by atoms with Crippen molar-refractivity contribution in [3.8, 4) is 0 Å². The molecule has 0 spiro atoms. The maximum atomic E-state index is 8.84. The third-order valence-electron chi connectivity index (χ3n) is 2.28. The largest absolute Gasteiger partial charge is 0.399 e. The summed E-state index contributed by atoms with van der Waals surface area (Å²) < 4.78 is 0. The van der Waals surface area contributed by atoms with E-state index in [1.807, 2.05) is 13.0 Å². The van der Waals surface area contributed by atoms with Gasteiger partial charge in [0.05, 0.1) is 0 Å². The molecule has 4 heteroatoms. The van der Waals surface area contributed by atoms with Gasteiger partial charge in [-0.15, -0.1) is 0 Å². The summed E-state index contributed by atoms with van der Waals surface area (Å²) in [7, 11) is 0. The van der Waals surface area contributed by atoms with Crippen LogP contribution in [0.1, 0.15) is 19.8 Å². The number of hydrogen-bond donors (Lipinski definition) is 3.